The number of nitrogens with zero attached hydrogens (tertiary/aromatic N) is 3. The second-order valence-electron chi connectivity index (χ2n) is 10.8. The molecule has 42 heavy (non-hydrogen) atoms. The van der Waals surface area contributed by atoms with E-state index in [1.54, 1.807) is 18.2 Å². The molecule has 2 fully saturated rings. The van der Waals surface area contributed by atoms with Gasteiger partial charge in [0.1, 0.15) is 11.2 Å². The molecule has 1 aromatic heterocycles. The van der Waals surface area contributed by atoms with Crippen LogP contribution in [0.15, 0.2) is 60.7 Å². The highest BCUT2D eigenvalue weighted by Gasteiger charge is 2.68. The molecule has 2 aliphatic rings. The molecule has 2 heterocycles. The van der Waals surface area contributed by atoms with Gasteiger partial charge in [-0.15, -0.1) is 0 Å². The molecule has 0 spiro atoms. The minimum absolute atomic E-state index is 0.130. The summed E-state index contributed by atoms with van der Waals surface area (Å²) in [5.41, 5.74) is 1.40. The number of anilines is 2. The number of amides is 2. The molecule has 0 unspecified atom stereocenters. The lowest BCUT2D eigenvalue weighted by Gasteiger charge is -2.33. The van der Waals surface area contributed by atoms with Crippen molar-refractivity contribution < 1.29 is 22.8 Å². The van der Waals surface area contributed by atoms with Crippen LogP contribution in [0.5, 0.6) is 0 Å². The van der Waals surface area contributed by atoms with Crippen LogP contribution in [0.1, 0.15) is 40.7 Å². The molecular formula is C31H27ClF3N5O2. The van der Waals surface area contributed by atoms with Gasteiger partial charge in [0.2, 0.25) is 5.91 Å². The fraction of sp³-hybridized carbons (Fsp3) is 0.290. The molecule has 216 valence electrons. The highest BCUT2D eigenvalue weighted by atomic mass is 35.5. The van der Waals surface area contributed by atoms with Gasteiger partial charge < -0.3 is 15.5 Å². The Morgan fingerprint density at radius 3 is 2.45 bits per heavy atom. The van der Waals surface area contributed by atoms with Gasteiger partial charge in [0, 0.05) is 36.3 Å². The monoisotopic (exact) mass is 593 g/mol. The van der Waals surface area contributed by atoms with Crippen molar-refractivity contribution in [3.63, 3.8) is 0 Å². The number of carbonyl (C=O) groups is 2. The van der Waals surface area contributed by atoms with Crippen LogP contribution in [0.2, 0.25) is 5.02 Å². The van der Waals surface area contributed by atoms with Crippen LogP contribution in [0.25, 0.3) is 22.3 Å². The Hall–Kier alpha value is -4.18. The Morgan fingerprint density at radius 1 is 1.02 bits per heavy atom. The Morgan fingerprint density at radius 2 is 1.79 bits per heavy atom. The number of fused-ring (bicyclic) bond motifs is 1. The molecule has 1 saturated heterocycles. The van der Waals surface area contributed by atoms with Gasteiger partial charge in [-0.2, -0.15) is 13.2 Å². The van der Waals surface area contributed by atoms with E-state index in [1.807, 2.05) is 37.3 Å². The third-order valence-corrected chi connectivity index (χ3v) is 8.26. The van der Waals surface area contributed by atoms with Crippen LogP contribution in [0.4, 0.5) is 24.7 Å². The molecule has 11 heteroatoms. The largest absolute Gasteiger partial charge is 0.403 e. The average molecular weight is 594 g/mol. The van der Waals surface area contributed by atoms with Gasteiger partial charge in [-0.3, -0.25) is 9.59 Å². The van der Waals surface area contributed by atoms with Crippen molar-refractivity contribution in [1.29, 1.82) is 0 Å². The topological polar surface area (TPSA) is 87.2 Å². The maximum absolute atomic E-state index is 13.3. The molecule has 7 nitrogen and oxygen atoms in total. The fourth-order valence-corrected chi connectivity index (χ4v) is 5.28. The van der Waals surface area contributed by atoms with Crippen LogP contribution >= 0.6 is 11.6 Å². The summed E-state index contributed by atoms with van der Waals surface area (Å²) in [4.78, 5) is 37.4. The maximum Gasteiger partial charge on any atom is 0.403 e. The van der Waals surface area contributed by atoms with Crippen LogP contribution in [-0.2, 0) is 11.3 Å². The van der Waals surface area contributed by atoms with E-state index in [0.717, 1.165) is 41.8 Å². The van der Waals surface area contributed by atoms with Crippen LogP contribution in [0, 0.1) is 12.3 Å². The zero-order valence-electron chi connectivity index (χ0n) is 22.7. The van der Waals surface area contributed by atoms with Gasteiger partial charge >= 0.3 is 6.18 Å². The number of nitrogens with one attached hydrogen (secondary N) is 2. The molecule has 2 N–H and O–H groups in total. The molecule has 3 aromatic carbocycles. The number of alkyl halides is 3. The van der Waals surface area contributed by atoms with E-state index in [9.17, 15) is 22.8 Å². The number of halogens is 4. The number of hydrogen-bond donors (Lipinski definition) is 2. The van der Waals surface area contributed by atoms with Crippen molar-refractivity contribution in [2.45, 2.75) is 38.9 Å². The first-order valence-corrected chi connectivity index (χ1v) is 14.0. The predicted molar refractivity (Wildman–Crippen MR) is 156 cm³/mol. The second-order valence-corrected chi connectivity index (χ2v) is 11.2. The lowest BCUT2D eigenvalue weighted by molar-refractivity contribution is -0.192. The highest BCUT2D eigenvalue weighted by Crippen LogP contribution is 2.57. The Balaban J connectivity index is 1.24. The first-order valence-electron chi connectivity index (χ1n) is 13.6. The minimum Gasteiger partial charge on any atom is -0.356 e. The van der Waals surface area contributed by atoms with Gasteiger partial charge in [-0.05, 0) is 67.6 Å². The van der Waals surface area contributed by atoms with Crippen molar-refractivity contribution in [3.8, 4) is 11.4 Å². The summed E-state index contributed by atoms with van der Waals surface area (Å²) >= 11 is 6.32. The normalized spacial score (nSPS) is 15.7. The third kappa shape index (κ3) is 5.15. The first kappa shape index (κ1) is 28.0. The van der Waals surface area contributed by atoms with Crippen molar-refractivity contribution in [2.75, 3.05) is 23.3 Å². The average Bonchev–Trinajstić information content (AvgIpc) is 3.74. The van der Waals surface area contributed by atoms with E-state index >= 15 is 0 Å². The summed E-state index contributed by atoms with van der Waals surface area (Å²) < 4.78 is 39.8. The lowest BCUT2D eigenvalue weighted by Crippen LogP contribution is -2.40. The number of rotatable bonds is 7. The summed E-state index contributed by atoms with van der Waals surface area (Å²) in [7, 11) is 0. The van der Waals surface area contributed by atoms with Crippen molar-refractivity contribution in [3.05, 3.63) is 82.4 Å². The van der Waals surface area contributed by atoms with Gasteiger partial charge in [-0.25, -0.2) is 9.97 Å². The van der Waals surface area contributed by atoms with Gasteiger partial charge in [-0.1, -0.05) is 41.9 Å². The zero-order chi connectivity index (χ0) is 29.6. The van der Waals surface area contributed by atoms with E-state index in [-0.39, 0.29) is 30.0 Å². The molecule has 0 atom stereocenters. The summed E-state index contributed by atoms with van der Waals surface area (Å²) in [5, 5.41) is 6.25. The van der Waals surface area contributed by atoms with Gasteiger partial charge in [0.15, 0.2) is 5.82 Å². The quantitative estimate of drug-likeness (QED) is 0.250. The fourth-order valence-electron chi connectivity index (χ4n) is 5.07. The van der Waals surface area contributed by atoms with Crippen molar-refractivity contribution >= 4 is 45.8 Å². The van der Waals surface area contributed by atoms with Crippen molar-refractivity contribution in [2.24, 2.45) is 5.41 Å². The molecule has 1 saturated carbocycles. The summed E-state index contributed by atoms with van der Waals surface area (Å²) in [6.45, 7) is 3.66. The highest BCUT2D eigenvalue weighted by molar-refractivity contribution is 6.34. The molecule has 4 aromatic rings. The summed E-state index contributed by atoms with van der Waals surface area (Å²) in [6, 6.07) is 17.8. The van der Waals surface area contributed by atoms with E-state index < -0.39 is 23.4 Å². The first-order chi connectivity index (χ1) is 20.1. The van der Waals surface area contributed by atoms with E-state index in [2.05, 4.69) is 15.5 Å². The lowest BCUT2D eigenvalue weighted by atomic mass is 10.1. The van der Waals surface area contributed by atoms with Crippen LogP contribution in [-0.4, -0.2) is 41.0 Å². The smallest absolute Gasteiger partial charge is 0.356 e. The molecule has 0 radical (unpaired) electrons. The number of carbonyl (C=O) groups excluding carboxylic acids is 2. The maximum atomic E-state index is 13.3. The van der Waals surface area contributed by atoms with Crippen LogP contribution < -0.4 is 15.5 Å². The predicted octanol–water partition coefficient (Wildman–Crippen LogP) is 6.68. The van der Waals surface area contributed by atoms with E-state index in [4.69, 9.17) is 21.6 Å². The van der Waals surface area contributed by atoms with Crippen molar-refractivity contribution in [1.82, 2.24) is 15.3 Å². The Bertz CT molecular complexity index is 1720. The van der Waals surface area contributed by atoms with E-state index in [1.165, 1.54) is 12.1 Å². The molecule has 1 aliphatic carbocycles. The number of benzene rings is 3. The summed E-state index contributed by atoms with van der Waals surface area (Å²) in [5.74, 6) is -0.115. The molecule has 1 aliphatic heterocycles. The zero-order valence-corrected chi connectivity index (χ0v) is 23.4. The standard InChI is InChI=1S/C31H27ClF3N5O2/c1-18-5-2-3-6-21(18)26-38-25-16-20(8-9-22(25)27(39-26)40-13-4-14-40)37-28(41)23-15-19(7-10-24(23)32)17-36-29(42)30(11-12-30)31(33,34)35/h2-3,5-10,15-16H,4,11-14,17H2,1H3,(H,36,42)(H,37,41). The number of aryl methyl sites for hydroxylation is 1. The number of hydrogen-bond acceptors (Lipinski definition) is 5. The minimum atomic E-state index is -4.59. The molecule has 0 bridgehead atoms. The molecule has 6 rings (SSSR count). The molecule has 2 amide bonds. The number of aromatic nitrogens is 2. The third-order valence-electron chi connectivity index (χ3n) is 7.93. The molecular weight excluding hydrogens is 567 g/mol. The van der Waals surface area contributed by atoms with Crippen LogP contribution in [0.3, 0.4) is 0 Å². The SMILES string of the molecule is Cc1ccccc1-c1nc(N2CCC2)c2ccc(NC(=O)c3cc(CNC(=O)C4(C(F)(F)F)CC4)ccc3Cl)cc2n1. The summed E-state index contributed by atoms with van der Waals surface area (Å²) in [6.07, 6.45) is -3.95. The van der Waals surface area contributed by atoms with E-state index in [0.29, 0.717) is 22.6 Å². The Kier molecular flexibility index (Phi) is 7.04. The second kappa shape index (κ2) is 10.6. The van der Waals surface area contributed by atoms with Gasteiger partial charge in [0.05, 0.1) is 16.1 Å². The van der Waals surface area contributed by atoms with Gasteiger partial charge in [0.25, 0.3) is 5.91 Å². The Labute approximate surface area is 245 Å².